The molecule has 3 rings (SSSR count). The van der Waals surface area contributed by atoms with E-state index in [9.17, 15) is 9.59 Å². The topological polar surface area (TPSA) is 58.6 Å². The van der Waals surface area contributed by atoms with Crippen LogP contribution in [-0.2, 0) is 4.79 Å². The Bertz CT molecular complexity index is 827. The van der Waals surface area contributed by atoms with Crippen molar-refractivity contribution in [1.29, 1.82) is 0 Å². The van der Waals surface area contributed by atoms with Crippen LogP contribution in [0.15, 0.2) is 57.1 Å². The minimum absolute atomic E-state index is 0.216. The van der Waals surface area contributed by atoms with E-state index in [4.69, 9.17) is 4.74 Å². The Morgan fingerprint density at radius 2 is 1.71 bits per heavy atom. The van der Waals surface area contributed by atoms with Crippen LogP contribution in [0, 0.1) is 0 Å². The molecule has 2 aromatic rings. The first-order valence-electron chi connectivity index (χ1n) is 6.96. The van der Waals surface area contributed by atoms with Gasteiger partial charge in [0.05, 0.1) is 21.7 Å². The van der Waals surface area contributed by atoms with E-state index in [0.717, 1.165) is 19.4 Å². The predicted molar refractivity (Wildman–Crippen MR) is 98.8 cm³/mol. The van der Waals surface area contributed by atoms with Crippen molar-refractivity contribution in [2.75, 3.05) is 12.0 Å². The Balaban J connectivity index is 1.95. The fourth-order valence-electron chi connectivity index (χ4n) is 2.37. The molecular weight excluding hydrogens is 440 g/mol. The normalized spacial score (nSPS) is 15.8. The van der Waals surface area contributed by atoms with Gasteiger partial charge in [0.15, 0.2) is 0 Å². The molecule has 122 valence electrons. The van der Waals surface area contributed by atoms with Crippen LogP contribution in [0.3, 0.4) is 0 Å². The highest BCUT2D eigenvalue weighted by Gasteiger charge is 2.34. The number of urea groups is 1. The average molecular weight is 452 g/mol. The zero-order valence-electron chi connectivity index (χ0n) is 12.5. The predicted octanol–water partition coefficient (Wildman–Crippen LogP) is 4.32. The van der Waals surface area contributed by atoms with E-state index in [-0.39, 0.29) is 5.70 Å². The lowest BCUT2D eigenvalue weighted by atomic mass is 10.2. The zero-order chi connectivity index (χ0) is 17.3. The molecule has 0 spiro atoms. The zero-order valence-corrected chi connectivity index (χ0v) is 15.7. The molecule has 1 aliphatic rings. The number of rotatable bonds is 3. The molecule has 0 aromatic heterocycles. The number of carbonyl (C=O) groups excluding carboxylic acids is 2. The van der Waals surface area contributed by atoms with Crippen LogP contribution in [0.25, 0.3) is 6.08 Å². The van der Waals surface area contributed by atoms with Crippen LogP contribution in [-0.4, -0.2) is 19.0 Å². The number of anilines is 1. The van der Waals surface area contributed by atoms with Crippen molar-refractivity contribution >= 4 is 55.6 Å². The van der Waals surface area contributed by atoms with Crippen LogP contribution in [0.1, 0.15) is 5.56 Å². The van der Waals surface area contributed by atoms with E-state index in [2.05, 4.69) is 37.2 Å². The first-order valence-corrected chi connectivity index (χ1v) is 8.55. The number of methoxy groups -OCH3 is 1. The maximum Gasteiger partial charge on any atom is 0.333 e. The van der Waals surface area contributed by atoms with E-state index in [1.165, 1.54) is 0 Å². The number of hydrogen-bond acceptors (Lipinski definition) is 3. The van der Waals surface area contributed by atoms with Crippen LogP contribution in [0.2, 0.25) is 0 Å². The number of amides is 3. The summed E-state index contributed by atoms with van der Waals surface area (Å²) < 4.78 is 6.73. The molecule has 0 radical (unpaired) electrons. The van der Waals surface area contributed by atoms with Gasteiger partial charge in [-0.2, -0.15) is 0 Å². The first-order chi connectivity index (χ1) is 11.5. The Kier molecular flexibility index (Phi) is 4.73. The number of para-hydroxylation sites is 1. The van der Waals surface area contributed by atoms with Crippen LogP contribution >= 0.6 is 31.9 Å². The standard InChI is InChI=1S/C17H12Br2N2O3/c1-24-15-12(18)7-10(8-13(15)19)9-14-16(22)21(17(23)20-14)11-5-3-2-4-6-11/h2-9H,1H3,(H,20,23)/b14-9+. The van der Waals surface area contributed by atoms with Gasteiger partial charge in [-0.05, 0) is 67.8 Å². The molecule has 0 atom stereocenters. The summed E-state index contributed by atoms with van der Waals surface area (Å²) >= 11 is 6.83. The Morgan fingerprint density at radius 1 is 1.08 bits per heavy atom. The van der Waals surface area contributed by atoms with E-state index in [0.29, 0.717) is 11.4 Å². The van der Waals surface area contributed by atoms with Crippen molar-refractivity contribution in [3.8, 4) is 5.75 Å². The van der Waals surface area contributed by atoms with Gasteiger partial charge in [-0.1, -0.05) is 18.2 Å². The fraction of sp³-hybridized carbons (Fsp3) is 0.0588. The van der Waals surface area contributed by atoms with Crippen molar-refractivity contribution in [2.45, 2.75) is 0 Å². The van der Waals surface area contributed by atoms with E-state index < -0.39 is 11.9 Å². The van der Waals surface area contributed by atoms with Crippen molar-refractivity contribution < 1.29 is 14.3 Å². The molecule has 3 amide bonds. The lowest BCUT2D eigenvalue weighted by molar-refractivity contribution is -0.113. The van der Waals surface area contributed by atoms with Gasteiger partial charge in [-0.15, -0.1) is 0 Å². The Hall–Kier alpha value is -2.12. The van der Waals surface area contributed by atoms with E-state index in [1.807, 2.05) is 6.07 Å². The number of halogens is 2. The number of hydrogen-bond donors (Lipinski definition) is 1. The Morgan fingerprint density at radius 3 is 2.29 bits per heavy atom. The molecule has 0 aliphatic carbocycles. The summed E-state index contributed by atoms with van der Waals surface area (Å²) in [5.74, 6) is 0.263. The number of nitrogens with zero attached hydrogens (tertiary/aromatic N) is 1. The molecule has 1 aliphatic heterocycles. The number of ether oxygens (including phenoxy) is 1. The smallest absolute Gasteiger partial charge is 0.333 e. The largest absolute Gasteiger partial charge is 0.494 e. The van der Waals surface area contributed by atoms with Gasteiger partial charge in [0.2, 0.25) is 0 Å². The van der Waals surface area contributed by atoms with Gasteiger partial charge < -0.3 is 10.1 Å². The van der Waals surface area contributed by atoms with Crippen molar-refractivity contribution in [2.24, 2.45) is 0 Å². The highest BCUT2D eigenvalue weighted by molar-refractivity contribution is 9.11. The Labute approximate surface area is 155 Å². The lowest BCUT2D eigenvalue weighted by Crippen LogP contribution is -2.30. The minimum Gasteiger partial charge on any atom is -0.494 e. The van der Waals surface area contributed by atoms with E-state index >= 15 is 0 Å². The maximum absolute atomic E-state index is 12.5. The van der Waals surface area contributed by atoms with Gasteiger partial charge in [-0.3, -0.25) is 4.79 Å². The number of carbonyl (C=O) groups is 2. The van der Waals surface area contributed by atoms with Gasteiger partial charge >= 0.3 is 6.03 Å². The summed E-state index contributed by atoms with van der Waals surface area (Å²) in [6.07, 6.45) is 1.62. The molecule has 7 heteroatoms. The van der Waals surface area contributed by atoms with Gasteiger partial charge in [0.25, 0.3) is 5.91 Å². The highest BCUT2D eigenvalue weighted by Crippen LogP contribution is 2.35. The van der Waals surface area contributed by atoms with Gasteiger partial charge in [0.1, 0.15) is 11.4 Å². The molecule has 1 N–H and O–H groups in total. The van der Waals surface area contributed by atoms with Gasteiger partial charge in [0, 0.05) is 0 Å². The average Bonchev–Trinajstić information content (AvgIpc) is 2.82. The maximum atomic E-state index is 12.5. The molecule has 1 fully saturated rings. The summed E-state index contributed by atoms with van der Waals surface area (Å²) in [6, 6.07) is 11.9. The quantitative estimate of drug-likeness (QED) is 0.558. The molecule has 0 saturated carbocycles. The summed E-state index contributed by atoms with van der Waals surface area (Å²) in [5.41, 5.74) is 1.49. The van der Waals surface area contributed by atoms with Gasteiger partial charge in [-0.25, -0.2) is 9.69 Å². The fourth-order valence-corrected chi connectivity index (χ4v) is 3.92. The third kappa shape index (κ3) is 3.09. The molecular formula is C17H12Br2N2O3. The monoisotopic (exact) mass is 450 g/mol. The molecule has 0 bridgehead atoms. The lowest BCUT2D eigenvalue weighted by Gasteiger charge is -2.11. The highest BCUT2D eigenvalue weighted by atomic mass is 79.9. The first kappa shape index (κ1) is 16.7. The molecule has 5 nitrogen and oxygen atoms in total. The van der Waals surface area contributed by atoms with Crippen LogP contribution < -0.4 is 15.0 Å². The second kappa shape index (κ2) is 6.78. The summed E-state index contributed by atoms with van der Waals surface area (Å²) in [7, 11) is 1.57. The second-order valence-corrected chi connectivity index (χ2v) is 6.69. The third-order valence-corrected chi connectivity index (χ3v) is 4.61. The number of imide groups is 1. The summed E-state index contributed by atoms with van der Waals surface area (Å²) in [5, 5.41) is 2.60. The molecule has 1 saturated heterocycles. The van der Waals surface area contributed by atoms with E-state index in [1.54, 1.807) is 49.6 Å². The van der Waals surface area contributed by atoms with Crippen LogP contribution in [0.4, 0.5) is 10.5 Å². The minimum atomic E-state index is -0.468. The summed E-state index contributed by atoms with van der Waals surface area (Å²) in [6.45, 7) is 0. The van der Waals surface area contributed by atoms with Crippen molar-refractivity contribution in [3.63, 3.8) is 0 Å². The number of nitrogens with one attached hydrogen (secondary N) is 1. The third-order valence-electron chi connectivity index (χ3n) is 3.43. The second-order valence-electron chi connectivity index (χ2n) is 4.98. The van der Waals surface area contributed by atoms with Crippen molar-refractivity contribution in [3.05, 3.63) is 62.7 Å². The molecule has 1 heterocycles. The number of benzene rings is 2. The van der Waals surface area contributed by atoms with Crippen molar-refractivity contribution in [1.82, 2.24) is 5.32 Å². The summed E-state index contributed by atoms with van der Waals surface area (Å²) in [4.78, 5) is 25.8. The molecule has 2 aromatic carbocycles. The molecule has 24 heavy (non-hydrogen) atoms. The van der Waals surface area contributed by atoms with Crippen LogP contribution in [0.5, 0.6) is 5.75 Å². The molecule has 0 unspecified atom stereocenters. The SMILES string of the molecule is COc1c(Br)cc(/C=C2/NC(=O)N(c3ccccc3)C2=O)cc1Br.